The van der Waals surface area contributed by atoms with Gasteiger partial charge in [0, 0.05) is 5.41 Å². The summed E-state index contributed by atoms with van der Waals surface area (Å²) < 4.78 is 10.2. The molecule has 2 fully saturated rings. The molecule has 0 spiro atoms. The molecule has 0 aromatic rings. The number of fused-ring (bicyclic) bond motifs is 2. The number of aliphatic carboxylic acids is 1. The Morgan fingerprint density at radius 3 is 2.38 bits per heavy atom. The van der Waals surface area contributed by atoms with Gasteiger partial charge in [-0.05, 0) is 31.1 Å². The molecule has 9 nitrogen and oxygen atoms in total. The fourth-order valence-electron chi connectivity index (χ4n) is 4.11. The van der Waals surface area contributed by atoms with E-state index in [-0.39, 0.29) is 17.4 Å². The summed E-state index contributed by atoms with van der Waals surface area (Å²) in [6.45, 7) is 4.06. The van der Waals surface area contributed by atoms with Crippen LogP contribution in [0.4, 0.5) is 0 Å². The average molecular weight is 370 g/mol. The summed E-state index contributed by atoms with van der Waals surface area (Å²) >= 11 is 0. The smallest absolute Gasteiger partial charge is 0.340 e. The summed E-state index contributed by atoms with van der Waals surface area (Å²) in [7, 11) is 1.08. The lowest BCUT2D eigenvalue weighted by molar-refractivity contribution is -0.169. The molecule has 2 unspecified atom stereocenters. The summed E-state index contributed by atoms with van der Waals surface area (Å²) in [6, 6.07) is -3.08. The van der Waals surface area contributed by atoms with Gasteiger partial charge in [0.1, 0.15) is 6.10 Å². The average Bonchev–Trinajstić information content (AvgIpc) is 3.12. The van der Waals surface area contributed by atoms with Gasteiger partial charge in [0.25, 0.3) is 0 Å². The van der Waals surface area contributed by atoms with Crippen molar-refractivity contribution in [1.82, 2.24) is 5.32 Å². The van der Waals surface area contributed by atoms with Crippen molar-refractivity contribution in [2.45, 2.75) is 57.7 Å². The van der Waals surface area contributed by atoms with Crippen molar-refractivity contribution < 1.29 is 33.8 Å². The number of carboxylic acids is 1. The Labute approximate surface area is 151 Å². The number of amides is 1. The van der Waals surface area contributed by atoms with E-state index in [0.717, 1.165) is 26.4 Å². The van der Waals surface area contributed by atoms with Gasteiger partial charge in [-0.3, -0.25) is 9.59 Å². The van der Waals surface area contributed by atoms with E-state index in [1.54, 1.807) is 0 Å². The van der Waals surface area contributed by atoms with Crippen molar-refractivity contribution in [2.24, 2.45) is 23.0 Å². The van der Waals surface area contributed by atoms with E-state index in [1.807, 2.05) is 13.8 Å². The number of carboxylic acid groups (broad SMARTS) is 1. The van der Waals surface area contributed by atoms with Crippen LogP contribution in [0.3, 0.4) is 0 Å². The minimum absolute atomic E-state index is 0.205. The van der Waals surface area contributed by atoms with Crippen LogP contribution in [0.2, 0.25) is 0 Å². The van der Waals surface area contributed by atoms with E-state index in [0.29, 0.717) is 5.92 Å². The van der Waals surface area contributed by atoms with Crippen molar-refractivity contribution in [3.63, 3.8) is 0 Å². The molecule has 0 radical (unpaired) electrons. The highest BCUT2D eigenvalue weighted by Gasteiger charge is 2.55. The molecule has 26 heavy (non-hydrogen) atoms. The summed E-state index contributed by atoms with van der Waals surface area (Å²) in [5, 5.41) is 10.8. The molecular formula is C17H26N2O7. The van der Waals surface area contributed by atoms with E-state index in [1.165, 1.54) is 0 Å². The van der Waals surface area contributed by atoms with Crippen LogP contribution in [-0.4, -0.2) is 54.2 Å². The Bertz CT molecular complexity index is 604. The number of hydrogen-bond donors (Lipinski definition) is 3. The van der Waals surface area contributed by atoms with Crippen molar-refractivity contribution in [2.75, 3.05) is 7.11 Å². The molecule has 2 bridgehead atoms. The highest BCUT2D eigenvalue weighted by atomic mass is 16.6. The number of nitrogens with two attached hydrogens (primary N) is 1. The van der Waals surface area contributed by atoms with E-state index >= 15 is 0 Å². The molecule has 2 saturated carbocycles. The van der Waals surface area contributed by atoms with Gasteiger partial charge in [-0.1, -0.05) is 13.8 Å². The highest BCUT2D eigenvalue weighted by molar-refractivity contribution is 6.03. The lowest BCUT2D eigenvalue weighted by atomic mass is 9.74. The Morgan fingerprint density at radius 1 is 1.23 bits per heavy atom. The Balaban J connectivity index is 2.07. The molecule has 5 atom stereocenters. The molecule has 0 aromatic carbocycles. The van der Waals surface area contributed by atoms with E-state index in [4.69, 9.17) is 15.6 Å². The van der Waals surface area contributed by atoms with Gasteiger partial charge in [-0.2, -0.15) is 0 Å². The van der Waals surface area contributed by atoms with Gasteiger partial charge in [0.05, 0.1) is 19.6 Å². The summed E-state index contributed by atoms with van der Waals surface area (Å²) in [5.74, 6) is -3.42. The zero-order chi connectivity index (χ0) is 19.6. The molecule has 0 saturated heterocycles. The van der Waals surface area contributed by atoms with Crippen LogP contribution in [0.25, 0.3) is 0 Å². The molecule has 4 N–H and O–H groups in total. The number of methoxy groups -OCH3 is 1. The number of ether oxygens (including phenoxy) is 2. The topological polar surface area (TPSA) is 145 Å². The zero-order valence-electron chi connectivity index (χ0n) is 15.2. The number of rotatable bonds is 7. The fraction of sp³-hybridized carbons (Fsp3) is 0.765. The quantitative estimate of drug-likeness (QED) is 0.413. The van der Waals surface area contributed by atoms with Crippen molar-refractivity contribution >= 4 is 23.8 Å². The second kappa shape index (κ2) is 7.61. The van der Waals surface area contributed by atoms with Crippen LogP contribution in [0.15, 0.2) is 0 Å². The summed E-state index contributed by atoms with van der Waals surface area (Å²) in [4.78, 5) is 47.1. The highest BCUT2D eigenvalue weighted by Crippen LogP contribution is 2.56. The van der Waals surface area contributed by atoms with Crippen LogP contribution in [0.1, 0.15) is 39.5 Å². The fourth-order valence-corrected chi connectivity index (χ4v) is 4.11. The van der Waals surface area contributed by atoms with Gasteiger partial charge in [0.15, 0.2) is 0 Å². The second-order valence-electron chi connectivity index (χ2n) is 7.62. The van der Waals surface area contributed by atoms with E-state index < -0.39 is 42.3 Å². The van der Waals surface area contributed by atoms with Crippen molar-refractivity contribution in [1.29, 1.82) is 0 Å². The molecule has 9 heteroatoms. The standard InChI is InChI=1S/C17H26N2O7/c1-17(2)9-5-4-8(6-9)13(17)26-16(24)12(15(23)25-3)19-14(22)10(18)7-11(20)21/h8-10,12-13H,4-7,18H2,1-3H3,(H,19,22)(H,20,21)/t8-,9?,10+,12?,13-/m1/s1. The number of carbonyl (C=O) groups excluding carboxylic acids is 3. The maximum absolute atomic E-state index is 12.5. The first kappa shape index (κ1) is 20.2. The number of hydrogen-bond acceptors (Lipinski definition) is 7. The largest absolute Gasteiger partial charge is 0.481 e. The number of carbonyl (C=O) groups is 4. The molecule has 2 aliphatic rings. The second-order valence-corrected chi connectivity index (χ2v) is 7.62. The molecule has 0 heterocycles. The minimum atomic E-state index is -1.68. The molecule has 2 aliphatic carbocycles. The first-order chi connectivity index (χ1) is 12.1. The van der Waals surface area contributed by atoms with Crippen LogP contribution in [0.5, 0.6) is 0 Å². The van der Waals surface area contributed by atoms with E-state index in [9.17, 15) is 19.2 Å². The normalized spacial score (nSPS) is 28.1. The lowest BCUT2D eigenvalue weighted by Crippen LogP contribution is -2.54. The zero-order valence-corrected chi connectivity index (χ0v) is 15.2. The summed E-state index contributed by atoms with van der Waals surface area (Å²) in [5.41, 5.74) is 5.26. The number of nitrogens with one attached hydrogen (secondary N) is 1. The third kappa shape index (κ3) is 3.98. The Morgan fingerprint density at radius 2 is 1.88 bits per heavy atom. The molecule has 2 rings (SSSR count). The number of esters is 2. The minimum Gasteiger partial charge on any atom is -0.481 e. The predicted molar refractivity (Wildman–Crippen MR) is 88.7 cm³/mol. The third-order valence-corrected chi connectivity index (χ3v) is 5.62. The first-order valence-corrected chi connectivity index (χ1v) is 8.64. The van der Waals surface area contributed by atoms with Crippen molar-refractivity contribution in [3.05, 3.63) is 0 Å². The monoisotopic (exact) mass is 370 g/mol. The predicted octanol–water partition coefficient (Wildman–Crippen LogP) is -0.186. The molecule has 1 amide bonds. The first-order valence-electron chi connectivity index (χ1n) is 8.64. The molecule has 0 aliphatic heterocycles. The summed E-state index contributed by atoms with van der Waals surface area (Å²) in [6.07, 6.45) is 2.06. The van der Waals surface area contributed by atoms with Crippen LogP contribution in [-0.2, 0) is 28.7 Å². The van der Waals surface area contributed by atoms with Crippen LogP contribution in [0, 0.1) is 17.3 Å². The Hall–Kier alpha value is -2.16. The van der Waals surface area contributed by atoms with Gasteiger partial charge in [0.2, 0.25) is 11.9 Å². The SMILES string of the molecule is COC(=O)C(NC(=O)[C@@H](N)CC(=O)O)C(=O)O[C@@H]1[C@@H]2CCC(C2)C1(C)C. The van der Waals surface area contributed by atoms with Gasteiger partial charge in [-0.15, -0.1) is 0 Å². The maximum atomic E-state index is 12.5. The van der Waals surface area contributed by atoms with Crippen LogP contribution < -0.4 is 11.1 Å². The molecular weight excluding hydrogens is 344 g/mol. The molecule has 146 valence electrons. The molecule has 0 aromatic heterocycles. The van der Waals surface area contributed by atoms with Gasteiger partial charge in [-0.25, -0.2) is 9.59 Å². The van der Waals surface area contributed by atoms with Crippen LogP contribution >= 0.6 is 0 Å². The van der Waals surface area contributed by atoms with Gasteiger partial charge < -0.3 is 25.6 Å². The van der Waals surface area contributed by atoms with E-state index in [2.05, 4.69) is 10.1 Å². The van der Waals surface area contributed by atoms with Crippen molar-refractivity contribution in [3.8, 4) is 0 Å². The third-order valence-electron chi connectivity index (χ3n) is 5.62. The van der Waals surface area contributed by atoms with Gasteiger partial charge >= 0.3 is 17.9 Å². The Kier molecular flexibility index (Phi) is 5.90. The maximum Gasteiger partial charge on any atom is 0.340 e. The lowest BCUT2D eigenvalue weighted by Gasteiger charge is -2.37.